The number of thioether (sulfide) groups is 1. The van der Waals surface area contributed by atoms with Crippen molar-refractivity contribution < 1.29 is 19.1 Å². The Bertz CT molecular complexity index is 1100. The van der Waals surface area contributed by atoms with Crippen LogP contribution in [0.15, 0.2) is 54.0 Å². The third-order valence-corrected chi connectivity index (χ3v) is 5.99. The molecule has 32 heavy (non-hydrogen) atoms. The van der Waals surface area contributed by atoms with Crippen LogP contribution >= 0.6 is 47.2 Å². The summed E-state index contributed by atoms with van der Waals surface area (Å²) in [7, 11) is 1.49. The summed E-state index contributed by atoms with van der Waals surface area (Å²) in [6, 6.07) is 9.87. The van der Waals surface area contributed by atoms with Gasteiger partial charge in [-0.05, 0) is 42.0 Å². The number of anilines is 1. The lowest BCUT2D eigenvalue weighted by Crippen LogP contribution is -2.27. The number of benzene rings is 2. The number of methoxy groups -OCH3 is 1. The molecule has 2 aromatic rings. The fourth-order valence-corrected chi connectivity index (χ4v) is 4.60. The van der Waals surface area contributed by atoms with Crippen molar-refractivity contribution in [2.24, 2.45) is 0 Å². The number of nitrogens with one attached hydrogen (secondary N) is 1. The summed E-state index contributed by atoms with van der Waals surface area (Å²) in [5.41, 5.74) is 1.19. The van der Waals surface area contributed by atoms with Crippen molar-refractivity contribution in [3.05, 3.63) is 69.6 Å². The van der Waals surface area contributed by atoms with Gasteiger partial charge >= 0.3 is 0 Å². The first kappa shape index (κ1) is 24.1. The lowest BCUT2D eigenvalue weighted by molar-refractivity contribution is -0.121. The van der Waals surface area contributed by atoms with Gasteiger partial charge in [0.2, 0.25) is 0 Å². The summed E-state index contributed by atoms with van der Waals surface area (Å²) < 4.78 is 11.5. The van der Waals surface area contributed by atoms with E-state index in [2.05, 4.69) is 11.9 Å². The van der Waals surface area contributed by atoms with Crippen LogP contribution in [-0.2, 0) is 9.59 Å². The van der Waals surface area contributed by atoms with Gasteiger partial charge in [0, 0.05) is 22.3 Å². The molecule has 1 aliphatic rings. The molecule has 1 heterocycles. The van der Waals surface area contributed by atoms with E-state index in [1.165, 1.54) is 23.8 Å². The molecule has 1 aliphatic heterocycles. The summed E-state index contributed by atoms with van der Waals surface area (Å²) in [5, 5.41) is 3.49. The van der Waals surface area contributed by atoms with Gasteiger partial charge in [-0.15, -0.1) is 6.58 Å². The highest BCUT2D eigenvalue weighted by molar-refractivity contribution is 8.26. The highest BCUT2D eigenvalue weighted by Gasteiger charge is 2.31. The Morgan fingerprint density at radius 1 is 1.22 bits per heavy atom. The van der Waals surface area contributed by atoms with E-state index in [0.29, 0.717) is 43.0 Å². The molecule has 0 spiro atoms. The van der Waals surface area contributed by atoms with E-state index in [1.807, 2.05) is 0 Å². The molecule has 0 bridgehead atoms. The average molecular weight is 509 g/mol. The van der Waals surface area contributed by atoms with Crippen LogP contribution in [0.3, 0.4) is 0 Å². The Hall–Kier alpha value is -2.52. The topological polar surface area (TPSA) is 67.9 Å². The van der Waals surface area contributed by atoms with Crippen LogP contribution < -0.4 is 14.8 Å². The largest absolute Gasteiger partial charge is 0.493 e. The SMILES string of the molecule is C=CCN1C(=O)/C(=C/c2ccc(OCC(=O)Nc3cc(Cl)cc(Cl)c3)c(OC)c2)SC1=S. The van der Waals surface area contributed by atoms with Gasteiger partial charge in [-0.3, -0.25) is 14.5 Å². The van der Waals surface area contributed by atoms with Gasteiger partial charge in [0.15, 0.2) is 18.1 Å². The maximum Gasteiger partial charge on any atom is 0.266 e. The lowest BCUT2D eigenvalue weighted by atomic mass is 10.2. The van der Waals surface area contributed by atoms with E-state index in [4.69, 9.17) is 44.9 Å². The fourth-order valence-electron chi connectivity index (χ4n) is 2.80. The summed E-state index contributed by atoms with van der Waals surface area (Å²) in [6.07, 6.45) is 3.35. The van der Waals surface area contributed by atoms with Crippen LogP contribution in [0.1, 0.15) is 5.56 Å². The van der Waals surface area contributed by atoms with Gasteiger partial charge in [-0.25, -0.2) is 0 Å². The maximum atomic E-state index is 12.5. The van der Waals surface area contributed by atoms with E-state index < -0.39 is 0 Å². The van der Waals surface area contributed by atoms with Gasteiger partial charge < -0.3 is 14.8 Å². The van der Waals surface area contributed by atoms with E-state index in [0.717, 1.165) is 5.56 Å². The third-order valence-electron chi connectivity index (χ3n) is 4.18. The van der Waals surface area contributed by atoms with Crippen molar-refractivity contribution in [3.8, 4) is 11.5 Å². The molecule has 2 aromatic carbocycles. The van der Waals surface area contributed by atoms with Crippen LogP contribution in [0.4, 0.5) is 5.69 Å². The van der Waals surface area contributed by atoms with Gasteiger partial charge in [0.25, 0.3) is 11.8 Å². The Kier molecular flexibility index (Phi) is 8.20. The van der Waals surface area contributed by atoms with Gasteiger partial charge in [-0.2, -0.15) is 0 Å². The molecule has 3 rings (SSSR count). The first-order valence-corrected chi connectivity index (χ1v) is 11.2. The van der Waals surface area contributed by atoms with Crippen LogP contribution in [-0.4, -0.2) is 41.3 Å². The predicted molar refractivity (Wildman–Crippen MR) is 134 cm³/mol. The van der Waals surface area contributed by atoms with Crippen LogP contribution in [0.5, 0.6) is 11.5 Å². The van der Waals surface area contributed by atoms with Crippen molar-refractivity contribution in [1.82, 2.24) is 4.90 Å². The monoisotopic (exact) mass is 508 g/mol. The van der Waals surface area contributed by atoms with Crippen LogP contribution in [0, 0.1) is 0 Å². The Morgan fingerprint density at radius 3 is 2.59 bits per heavy atom. The molecule has 1 fully saturated rings. The molecule has 2 amide bonds. The normalized spacial score (nSPS) is 14.6. The summed E-state index contributed by atoms with van der Waals surface area (Å²) in [5.74, 6) is 0.236. The smallest absolute Gasteiger partial charge is 0.266 e. The predicted octanol–water partition coefficient (Wildman–Crippen LogP) is 5.41. The lowest BCUT2D eigenvalue weighted by Gasteiger charge is -2.12. The molecule has 1 N–H and O–H groups in total. The third kappa shape index (κ3) is 6.04. The Balaban J connectivity index is 1.68. The molecular weight excluding hydrogens is 491 g/mol. The average Bonchev–Trinajstić information content (AvgIpc) is 2.99. The molecule has 0 aromatic heterocycles. The molecule has 0 unspecified atom stereocenters. The summed E-state index contributed by atoms with van der Waals surface area (Å²) in [4.78, 5) is 26.7. The van der Waals surface area contributed by atoms with Crippen LogP contribution in [0.2, 0.25) is 10.0 Å². The molecule has 10 heteroatoms. The van der Waals surface area contributed by atoms with Crippen molar-refractivity contribution in [3.63, 3.8) is 0 Å². The number of ether oxygens (including phenoxy) is 2. The maximum absolute atomic E-state index is 12.5. The highest BCUT2D eigenvalue weighted by Crippen LogP contribution is 2.34. The van der Waals surface area contributed by atoms with E-state index in [-0.39, 0.29) is 18.4 Å². The number of carbonyl (C=O) groups is 2. The highest BCUT2D eigenvalue weighted by atomic mass is 35.5. The zero-order valence-corrected chi connectivity index (χ0v) is 20.0. The molecule has 0 saturated carbocycles. The molecule has 6 nitrogen and oxygen atoms in total. The number of amides is 2. The molecular formula is C22H18Cl2N2O4S2. The zero-order chi connectivity index (χ0) is 23.3. The molecule has 0 radical (unpaired) electrons. The van der Waals surface area contributed by atoms with Gasteiger partial charge in [0.05, 0.1) is 12.0 Å². The number of hydrogen-bond donors (Lipinski definition) is 1. The number of halogens is 2. The number of rotatable bonds is 8. The number of hydrogen-bond acceptors (Lipinski definition) is 6. The molecule has 166 valence electrons. The van der Waals surface area contributed by atoms with Crippen molar-refractivity contribution in [2.75, 3.05) is 25.6 Å². The van der Waals surface area contributed by atoms with E-state index in [9.17, 15) is 9.59 Å². The Labute approximate surface area is 205 Å². The standard InChI is InChI=1S/C22H18Cl2N2O4S2/c1-3-6-26-21(28)19(32-22(26)31)8-13-4-5-17(18(7-13)29-2)30-12-20(27)25-16-10-14(23)9-15(24)11-16/h3-5,7-11H,1,6,12H2,2H3,(H,25,27)/b19-8-. The molecule has 0 atom stereocenters. The second-order valence-corrected chi connectivity index (χ2v) is 9.03. The Morgan fingerprint density at radius 2 is 1.94 bits per heavy atom. The number of carbonyl (C=O) groups excluding carboxylic acids is 2. The quantitative estimate of drug-likeness (QED) is 0.292. The minimum Gasteiger partial charge on any atom is -0.493 e. The zero-order valence-electron chi connectivity index (χ0n) is 16.9. The summed E-state index contributed by atoms with van der Waals surface area (Å²) >= 11 is 18.4. The van der Waals surface area contributed by atoms with Crippen molar-refractivity contribution >= 4 is 75.1 Å². The molecule has 0 aliphatic carbocycles. The summed E-state index contributed by atoms with van der Waals surface area (Å²) in [6.45, 7) is 3.76. The minimum atomic E-state index is -0.389. The second-order valence-electron chi connectivity index (χ2n) is 6.49. The fraction of sp³-hybridized carbons (Fsp3) is 0.136. The van der Waals surface area contributed by atoms with Crippen molar-refractivity contribution in [1.29, 1.82) is 0 Å². The van der Waals surface area contributed by atoms with Gasteiger partial charge in [-0.1, -0.05) is 59.3 Å². The van der Waals surface area contributed by atoms with E-state index >= 15 is 0 Å². The van der Waals surface area contributed by atoms with E-state index in [1.54, 1.807) is 48.6 Å². The molecule has 1 saturated heterocycles. The number of nitrogens with zero attached hydrogens (tertiary/aromatic N) is 1. The number of thiocarbonyl (C=S) groups is 1. The first-order valence-electron chi connectivity index (χ1n) is 9.23. The van der Waals surface area contributed by atoms with Gasteiger partial charge in [0.1, 0.15) is 4.32 Å². The first-order chi connectivity index (χ1) is 15.3. The second kappa shape index (κ2) is 10.9. The van der Waals surface area contributed by atoms with Crippen molar-refractivity contribution in [2.45, 2.75) is 0 Å². The minimum absolute atomic E-state index is 0.169. The van der Waals surface area contributed by atoms with Crippen LogP contribution in [0.25, 0.3) is 6.08 Å².